The Balaban J connectivity index is 1.78. The van der Waals surface area contributed by atoms with Crippen LogP contribution < -0.4 is 5.32 Å². The molecule has 19 heavy (non-hydrogen) atoms. The molecule has 1 fully saturated rings. The summed E-state index contributed by atoms with van der Waals surface area (Å²) in [5.74, 6) is 0.333. The molecule has 1 unspecified atom stereocenters. The van der Waals surface area contributed by atoms with Gasteiger partial charge in [0.15, 0.2) is 0 Å². The summed E-state index contributed by atoms with van der Waals surface area (Å²) >= 11 is 5.87. The van der Waals surface area contributed by atoms with Gasteiger partial charge in [-0.2, -0.15) is 0 Å². The molecule has 0 radical (unpaired) electrons. The third kappa shape index (κ3) is 3.96. The number of hydrogen-bond acceptors (Lipinski definition) is 2. The summed E-state index contributed by atoms with van der Waals surface area (Å²) < 4.78 is 0. The first kappa shape index (κ1) is 13.9. The van der Waals surface area contributed by atoms with Crippen molar-refractivity contribution >= 4 is 23.4 Å². The Morgan fingerprint density at radius 1 is 1.53 bits per heavy atom. The quantitative estimate of drug-likeness (QED) is 0.908. The summed E-state index contributed by atoms with van der Waals surface area (Å²) in [4.78, 5) is 24.8. The second kappa shape index (κ2) is 6.06. The van der Waals surface area contributed by atoms with Gasteiger partial charge in [0.05, 0.1) is 6.42 Å². The zero-order chi connectivity index (χ0) is 13.8. The van der Waals surface area contributed by atoms with Crippen molar-refractivity contribution in [2.45, 2.75) is 12.8 Å². The first-order valence-corrected chi connectivity index (χ1v) is 6.67. The number of likely N-dealkylation sites (tertiary alicyclic amines) is 1. The molecular weight excluding hydrogens is 264 g/mol. The molecule has 1 atom stereocenters. The zero-order valence-corrected chi connectivity index (χ0v) is 11.6. The SMILES string of the molecule is CN1CC(CNC(=O)Cc2cccc(Cl)c2)CC1=O. The molecule has 1 heterocycles. The highest BCUT2D eigenvalue weighted by Gasteiger charge is 2.26. The fourth-order valence-corrected chi connectivity index (χ4v) is 2.46. The van der Waals surface area contributed by atoms with E-state index in [1.165, 1.54) is 0 Å². The predicted molar refractivity (Wildman–Crippen MR) is 73.9 cm³/mol. The van der Waals surface area contributed by atoms with Crippen molar-refractivity contribution in [2.24, 2.45) is 5.92 Å². The van der Waals surface area contributed by atoms with E-state index in [1.807, 2.05) is 12.1 Å². The smallest absolute Gasteiger partial charge is 0.224 e. The van der Waals surface area contributed by atoms with Gasteiger partial charge in [-0.1, -0.05) is 23.7 Å². The average molecular weight is 281 g/mol. The van der Waals surface area contributed by atoms with Crippen LogP contribution in [0.1, 0.15) is 12.0 Å². The standard InChI is InChI=1S/C14H17ClN2O2/c1-17-9-11(7-14(17)19)8-16-13(18)6-10-3-2-4-12(15)5-10/h2-5,11H,6-9H2,1H3,(H,16,18). The van der Waals surface area contributed by atoms with Crippen molar-refractivity contribution in [3.8, 4) is 0 Å². The lowest BCUT2D eigenvalue weighted by Gasteiger charge is -2.11. The molecule has 102 valence electrons. The number of carbonyl (C=O) groups excluding carboxylic acids is 2. The number of nitrogens with one attached hydrogen (secondary N) is 1. The molecule has 0 bridgehead atoms. The van der Waals surface area contributed by atoms with E-state index in [9.17, 15) is 9.59 Å². The summed E-state index contributed by atoms with van der Waals surface area (Å²) in [7, 11) is 1.79. The predicted octanol–water partition coefficient (Wildman–Crippen LogP) is 1.48. The molecule has 1 saturated heterocycles. The molecule has 2 rings (SSSR count). The molecule has 0 saturated carbocycles. The van der Waals surface area contributed by atoms with Gasteiger partial charge >= 0.3 is 0 Å². The highest BCUT2D eigenvalue weighted by Crippen LogP contribution is 2.15. The lowest BCUT2D eigenvalue weighted by atomic mass is 10.1. The van der Waals surface area contributed by atoms with Gasteiger partial charge in [0.25, 0.3) is 0 Å². The van der Waals surface area contributed by atoms with Crippen molar-refractivity contribution in [1.82, 2.24) is 10.2 Å². The topological polar surface area (TPSA) is 49.4 Å². The van der Waals surface area contributed by atoms with Crippen LogP contribution in [0.5, 0.6) is 0 Å². The minimum Gasteiger partial charge on any atom is -0.355 e. The van der Waals surface area contributed by atoms with Crippen molar-refractivity contribution in [3.05, 3.63) is 34.9 Å². The Hall–Kier alpha value is -1.55. The molecule has 4 nitrogen and oxygen atoms in total. The molecule has 1 aromatic carbocycles. The molecule has 1 aromatic rings. The zero-order valence-electron chi connectivity index (χ0n) is 10.9. The Bertz CT molecular complexity index is 490. The second-order valence-corrected chi connectivity index (χ2v) is 5.39. The van der Waals surface area contributed by atoms with E-state index >= 15 is 0 Å². The van der Waals surface area contributed by atoms with Gasteiger partial charge in [-0.3, -0.25) is 9.59 Å². The molecule has 1 aliphatic rings. The maximum absolute atomic E-state index is 11.8. The lowest BCUT2D eigenvalue weighted by Crippen LogP contribution is -2.31. The van der Waals surface area contributed by atoms with E-state index in [4.69, 9.17) is 11.6 Å². The van der Waals surface area contributed by atoms with E-state index in [2.05, 4.69) is 5.32 Å². The van der Waals surface area contributed by atoms with Crippen LogP contribution in [0.2, 0.25) is 5.02 Å². The first-order valence-electron chi connectivity index (χ1n) is 6.29. The summed E-state index contributed by atoms with van der Waals surface area (Å²) in [6.07, 6.45) is 0.838. The summed E-state index contributed by atoms with van der Waals surface area (Å²) in [6.45, 7) is 1.27. The van der Waals surface area contributed by atoms with Crippen LogP contribution in [0.3, 0.4) is 0 Å². The van der Waals surface area contributed by atoms with Gasteiger partial charge in [0, 0.05) is 37.5 Å². The maximum Gasteiger partial charge on any atom is 0.224 e. The number of amides is 2. The van der Waals surface area contributed by atoms with Crippen LogP contribution in [-0.4, -0.2) is 36.9 Å². The maximum atomic E-state index is 11.8. The summed E-state index contributed by atoms with van der Waals surface area (Å²) in [5.41, 5.74) is 0.893. The van der Waals surface area contributed by atoms with Crippen LogP contribution in [0, 0.1) is 5.92 Å². The van der Waals surface area contributed by atoms with Crippen LogP contribution in [0.4, 0.5) is 0 Å². The molecule has 1 N–H and O–H groups in total. The second-order valence-electron chi connectivity index (χ2n) is 4.96. The number of benzene rings is 1. The Morgan fingerprint density at radius 2 is 2.32 bits per heavy atom. The largest absolute Gasteiger partial charge is 0.355 e. The number of nitrogens with zero attached hydrogens (tertiary/aromatic N) is 1. The van der Waals surface area contributed by atoms with Crippen molar-refractivity contribution in [2.75, 3.05) is 20.1 Å². The Kier molecular flexibility index (Phi) is 4.43. The third-order valence-corrected chi connectivity index (χ3v) is 3.50. The van der Waals surface area contributed by atoms with Crippen molar-refractivity contribution in [3.63, 3.8) is 0 Å². The van der Waals surface area contributed by atoms with Crippen molar-refractivity contribution < 1.29 is 9.59 Å². The number of hydrogen-bond donors (Lipinski definition) is 1. The third-order valence-electron chi connectivity index (χ3n) is 3.26. The van der Waals surface area contributed by atoms with E-state index in [-0.39, 0.29) is 17.7 Å². The molecule has 0 spiro atoms. The number of rotatable bonds is 4. The molecule has 0 aliphatic carbocycles. The molecule has 0 aromatic heterocycles. The van der Waals surface area contributed by atoms with E-state index in [1.54, 1.807) is 24.1 Å². The lowest BCUT2D eigenvalue weighted by molar-refractivity contribution is -0.126. The normalized spacial score (nSPS) is 18.7. The van der Waals surface area contributed by atoms with Gasteiger partial charge < -0.3 is 10.2 Å². The van der Waals surface area contributed by atoms with Gasteiger partial charge in [0.1, 0.15) is 0 Å². The summed E-state index contributed by atoms with van der Waals surface area (Å²) in [5, 5.41) is 3.51. The highest BCUT2D eigenvalue weighted by atomic mass is 35.5. The average Bonchev–Trinajstić information content (AvgIpc) is 2.66. The Morgan fingerprint density at radius 3 is 2.95 bits per heavy atom. The van der Waals surface area contributed by atoms with Gasteiger partial charge in [0.2, 0.25) is 11.8 Å². The van der Waals surface area contributed by atoms with Crippen LogP contribution in [0.25, 0.3) is 0 Å². The fraction of sp³-hybridized carbons (Fsp3) is 0.429. The van der Waals surface area contributed by atoms with E-state index < -0.39 is 0 Å². The van der Waals surface area contributed by atoms with Gasteiger partial charge in [-0.25, -0.2) is 0 Å². The number of halogens is 1. The van der Waals surface area contributed by atoms with Crippen LogP contribution in [-0.2, 0) is 16.0 Å². The molecule has 1 aliphatic heterocycles. The molecular formula is C14H17ClN2O2. The van der Waals surface area contributed by atoms with Gasteiger partial charge in [-0.05, 0) is 17.7 Å². The van der Waals surface area contributed by atoms with E-state index in [0.29, 0.717) is 24.4 Å². The van der Waals surface area contributed by atoms with Crippen LogP contribution >= 0.6 is 11.6 Å². The first-order chi connectivity index (χ1) is 9.04. The minimum atomic E-state index is -0.0377. The Labute approximate surface area is 117 Å². The van der Waals surface area contributed by atoms with Crippen LogP contribution in [0.15, 0.2) is 24.3 Å². The minimum absolute atomic E-state index is 0.0377. The van der Waals surface area contributed by atoms with Crippen molar-refractivity contribution in [1.29, 1.82) is 0 Å². The molecule has 2 amide bonds. The summed E-state index contributed by atoms with van der Waals surface area (Å²) in [6, 6.07) is 7.27. The van der Waals surface area contributed by atoms with Gasteiger partial charge in [-0.15, -0.1) is 0 Å². The molecule has 5 heteroatoms. The van der Waals surface area contributed by atoms with E-state index in [0.717, 1.165) is 12.1 Å². The fourth-order valence-electron chi connectivity index (χ4n) is 2.25. The monoisotopic (exact) mass is 280 g/mol. The highest BCUT2D eigenvalue weighted by molar-refractivity contribution is 6.30. The number of carbonyl (C=O) groups is 2.